The van der Waals surface area contributed by atoms with Gasteiger partial charge in [-0.3, -0.25) is 0 Å². The van der Waals surface area contributed by atoms with Crippen molar-refractivity contribution in [3.05, 3.63) is 194 Å². The number of benzene rings is 12. The van der Waals surface area contributed by atoms with Crippen molar-refractivity contribution in [3.8, 4) is 45.6 Å². The second-order valence-corrected chi connectivity index (χ2v) is 18.8. The molecular formula is C64H32FeN8. The normalized spacial score (nSPS) is 12.3. The first-order valence-electron chi connectivity index (χ1n) is 24.2. The number of rotatable bonds is 0. The molecule has 0 spiro atoms. The van der Waals surface area contributed by atoms with Crippen LogP contribution in [0.15, 0.2) is 194 Å². The summed E-state index contributed by atoms with van der Waals surface area (Å²) in [5, 5.41) is 20.7. The summed E-state index contributed by atoms with van der Waals surface area (Å²) < 4.78 is 0. The first-order valence-corrected chi connectivity index (χ1v) is 24.2. The minimum absolute atomic E-state index is 0. The van der Waals surface area contributed by atoms with Crippen molar-refractivity contribution in [2.75, 3.05) is 0 Å². The molecular weight excluding hydrogens is 937 g/mol. The Bertz CT molecular complexity index is 4550. The van der Waals surface area contributed by atoms with Crippen LogP contribution in [0.3, 0.4) is 0 Å². The molecule has 12 aromatic carbocycles. The molecule has 0 radical (unpaired) electrons. The fraction of sp³-hybridized carbons (Fsp3) is 0. The fourth-order valence-electron chi connectivity index (χ4n) is 12.3. The maximum absolute atomic E-state index is 5.64. The maximum Gasteiger partial charge on any atom is 2.00 e. The van der Waals surface area contributed by atoms with Gasteiger partial charge in [0.05, 0.1) is 23.3 Å². The average Bonchev–Trinajstić information content (AvgIpc) is 4.20. The van der Waals surface area contributed by atoms with E-state index in [-0.39, 0.29) is 17.1 Å². The Kier molecular flexibility index (Phi) is 8.19. The number of hydrogen-bond acceptors (Lipinski definition) is 6. The van der Waals surface area contributed by atoms with E-state index in [0.717, 1.165) is 130 Å². The van der Waals surface area contributed by atoms with Gasteiger partial charge in [-0.05, 0) is 86.2 Å². The van der Waals surface area contributed by atoms with Crippen LogP contribution in [-0.4, -0.2) is 29.9 Å². The van der Waals surface area contributed by atoms with E-state index in [0.29, 0.717) is 45.9 Å². The van der Waals surface area contributed by atoms with Gasteiger partial charge >= 0.3 is 17.1 Å². The molecule has 0 saturated heterocycles. The predicted octanol–water partition coefficient (Wildman–Crippen LogP) is 15.4. The zero-order valence-electron chi connectivity index (χ0n) is 38.4. The molecule has 0 amide bonds. The smallest absolute Gasteiger partial charge is 0.357 e. The van der Waals surface area contributed by atoms with Crippen LogP contribution in [-0.2, 0) is 17.1 Å². The molecule has 9 heteroatoms. The van der Waals surface area contributed by atoms with Gasteiger partial charge in [-0.1, -0.05) is 194 Å². The summed E-state index contributed by atoms with van der Waals surface area (Å²) in [4.78, 5) is 44.7. The third kappa shape index (κ3) is 5.39. The van der Waals surface area contributed by atoms with Gasteiger partial charge in [0.25, 0.3) is 0 Å². The van der Waals surface area contributed by atoms with Crippen molar-refractivity contribution in [3.63, 3.8) is 0 Å². The van der Waals surface area contributed by atoms with E-state index in [9.17, 15) is 0 Å². The Morgan fingerprint density at radius 2 is 0.356 bits per heavy atom. The van der Waals surface area contributed by atoms with Gasteiger partial charge in [-0.2, -0.15) is 0 Å². The molecule has 8 nitrogen and oxygen atoms in total. The molecule has 0 saturated carbocycles. The van der Waals surface area contributed by atoms with Gasteiger partial charge < -0.3 is 29.9 Å². The third-order valence-corrected chi connectivity index (χ3v) is 15.2. The van der Waals surface area contributed by atoms with Gasteiger partial charge in [0.1, 0.15) is 0 Å². The predicted molar refractivity (Wildman–Crippen MR) is 294 cm³/mol. The van der Waals surface area contributed by atoms with Crippen LogP contribution in [0.2, 0.25) is 0 Å². The molecule has 15 aromatic rings. The Labute approximate surface area is 424 Å². The molecule has 336 valence electrons. The standard InChI is InChI=1S/C64H32N8.Fe/c1-9-25-41-33(17-1)34-18-2-10-26-42(34)50-49(41)57-65-58(50)70-60-53-45-29-13-5-21-37(45)38-22-6-14-30-46(38)54(53)62(67-60)72-64-56-48-32-16-8-24-40(48)39-23-7-15-31-47(39)55(56)63(68-64)71-61-52-44-28-12-4-20-36(44)35-19-3-11-27-43(35)51(52)59(66-61)69-57;/h1-32H;/q-2;+2. The maximum atomic E-state index is 5.64. The van der Waals surface area contributed by atoms with Crippen molar-refractivity contribution in [1.29, 1.82) is 0 Å². The minimum atomic E-state index is 0. The molecule has 0 fully saturated rings. The van der Waals surface area contributed by atoms with Crippen molar-refractivity contribution in [2.24, 2.45) is 0 Å². The molecule has 0 unspecified atom stereocenters. The Hall–Kier alpha value is -9.40. The van der Waals surface area contributed by atoms with E-state index in [1.165, 1.54) is 0 Å². The number of fused-ring (bicyclic) bond motifs is 40. The molecule has 8 bridgehead atoms. The monoisotopic (exact) mass is 968 g/mol. The Balaban J connectivity index is 0.00000456. The van der Waals surface area contributed by atoms with Crippen molar-refractivity contribution in [2.45, 2.75) is 0 Å². The molecule has 2 aliphatic rings. The first kappa shape index (κ1) is 40.3. The molecule has 0 N–H and O–H groups in total. The zero-order chi connectivity index (χ0) is 46.8. The van der Waals surface area contributed by atoms with Crippen molar-refractivity contribution < 1.29 is 17.1 Å². The Morgan fingerprint density at radius 1 is 0.192 bits per heavy atom. The van der Waals surface area contributed by atoms with Crippen molar-refractivity contribution >= 4 is 130 Å². The largest absolute Gasteiger partial charge is 2.00 e. The van der Waals surface area contributed by atoms with E-state index in [1.807, 2.05) is 0 Å². The molecule has 5 heterocycles. The second kappa shape index (κ2) is 14.8. The van der Waals surface area contributed by atoms with Gasteiger partial charge in [0.15, 0.2) is 0 Å². The van der Waals surface area contributed by atoms with Gasteiger partial charge in [-0.15, -0.1) is 0 Å². The van der Waals surface area contributed by atoms with Gasteiger partial charge in [0, 0.05) is 66.4 Å². The Morgan fingerprint density at radius 3 is 0.562 bits per heavy atom. The summed E-state index contributed by atoms with van der Waals surface area (Å²) in [6.07, 6.45) is 0. The molecule has 0 atom stereocenters. The van der Waals surface area contributed by atoms with Crippen LogP contribution in [0.25, 0.3) is 176 Å². The number of hydrogen-bond donors (Lipinski definition) is 0. The number of nitrogens with zero attached hydrogens (tertiary/aromatic N) is 8. The van der Waals surface area contributed by atoms with Crippen LogP contribution in [0.4, 0.5) is 0 Å². The third-order valence-electron chi connectivity index (χ3n) is 15.2. The average molecular weight is 969 g/mol. The van der Waals surface area contributed by atoms with Crippen LogP contribution in [0.1, 0.15) is 0 Å². The van der Waals surface area contributed by atoms with Crippen LogP contribution < -0.4 is 9.97 Å². The molecule has 17 rings (SSSR count). The van der Waals surface area contributed by atoms with Gasteiger partial charge in [-0.25, -0.2) is 9.97 Å². The van der Waals surface area contributed by atoms with Crippen LogP contribution in [0, 0.1) is 0 Å². The van der Waals surface area contributed by atoms with E-state index in [2.05, 4.69) is 194 Å². The van der Waals surface area contributed by atoms with E-state index < -0.39 is 0 Å². The SMILES string of the molecule is [Fe+2].c1ccc2c(c1)c1c(c3ccccc32)-c2nc-1nc1[n-]c(nc3nc(nc4[n-]c(n2)c2c5ccccc5c5ccccc5c42)-c2c-3c3ccccc3c3ccccc23)c2c3ccccc3c3ccccc3c12. The van der Waals surface area contributed by atoms with E-state index in [1.54, 1.807) is 0 Å². The summed E-state index contributed by atoms with van der Waals surface area (Å²) in [6, 6.07) is 68.2. The first-order chi connectivity index (χ1) is 35.7. The quantitative estimate of drug-likeness (QED) is 0.109. The second-order valence-electron chi connectivity index (χ2n) is 18.8. The van der Waals surface area contributed by atoms with Crippen LogP contribution >= 0.6 is 0 Å². The molecule has 0 aliphatic carbocycles. The molecule has 3 aromatic heterocycles. The molecule has 73 heavy (non-hydrogen) atoms. The summed E-state index contributed by atoms with van der Waals surface area (Å²) >= 11 is 0. The topological polar surface area (TPSA) is 106 Å². The van der Waals surface area contributed by atoms with E-state index >= 15 is 0 Å². The van der Waals surface area contributed by atoms with E-state index in [4.69, 9.17) is 39.9 Å². The zero-order valence-corrected chi connectivity index (χ0v) is 39.5. The minimum Gasteiger partial charge on any atom is -0.357 e. The summed E-state index contributed by atoms with van der Waals surface area (Å²) in [7, 11) is 0. The van der Waals surface area contributed by atoms with Gasteiger partial charge in [0.2, 0.25) is 0 Å². The molecule has 2 aliphatic heterocycles. The van der Waals surface area contributed by atoms with Crippen LogP contribution in [0.5, 0.6) is 0 Å². The summed E-state index contributed by atoms with van der Waals surface area (Å²) in [6.45, 7) is 0. The summed E-state index contributed by atoms with van der Waals surface area (Å²) in [5.74, 6) is 2.09. The van der Waals surface area contributed by atoms with Crippen molar-refractivity contribution in [1.82, 2.24) is 39.9 Å². The number of aromatic nitrogens is 8. The summed E-state index contributed by atoms with van der Waals surface area (Å²) in [5.41, 5.74) is 5.68. The fourth-order valence-corrected chi connectivity index (χ4v) is 12.3.